The molecule has 2 aliphatic carbocycles. The monoisotopic (exact) mass is 255 g/mol. The third-order valence-corrected chi connectivity index (χ3v) is 4.85. The van der Waals surface area contributed by atoms with Crippen molar-refractivity contribution in [2.24, 2.45) is 5.41 Å². The smallest absolute Gasteiger partial charge is 0.0661 e. The van der Waals surface area contributed by atoms with E-state index in [0.29, 0.717) is 11.5 Å². The molecular formula is C15H29NO2. The van der Waals surface area contributed by atoms with Gasteiger partial charge in [0.25, 0.3) is 0 Å². The van der Waals surface area contributed by atoms with Crippen molar-refractivity contribution in [3.8, 4) is 0 Å². The van der Waals surface area contributed by atoms with Crippen molar-refractivity contribution >= 4 is 0 Å². The zero-order valence-electron chi connectivity index (χ0n) is 12.0. The molecule has 0 aliphatic heterocycles. The van der Waals surface area contributed by atoms with Gasteiger partial charge in [0.15, 0.2) is 0 Å². The van der Waals surface area contributed by atoms with E-state index in [1.807, 2.05) is 0 Å². The van der Waals surface area contributed by atoms with Crippen molar-refractivity contribution in [2.75, 3.05) is 26.9 Å². The quantitative estimate of drug-likeness (QED) is 0.643. The third-order valence-electron chi connectivity index (χ3n) is 4.85. The zero-order valence-corrected chi connectivity index (χ0v) is 12.0. The lowest BCUT2D eigenvalue weighted by atomic mass is 9.51. The van der Waals surface area contributed by atoms with Crippen molar-refractivity contribution in [1.82, 2.24) is 5.32 Å². The molecular weight excluding hydrogens is 226 g/mol. The Hall–Kier alpha value is -0.120. The summed E-state index contributed by atoms with van der Waals surface area (Å²) in [4.78, 5) is 0. The van der Waals surface area contributed by atoms with Crippen LogP contribution in [0, 0.1) is 5.41 Å². The average Bonchev–Trinajstić information content (AvgIpc) is 2.28. The lowest BCUT2D eigenvalue weighted by molar-refractivity contribution is -0.172. The van der Waals surface area contributed by atoms with Crippen molar-refractivity contribution in [2.45, 2.75) is 64.0 Å². The number of rotatable bonds is 9. The largest absolute Gasteiger partial charge is 0.385 e. The van der Waals surface area contributed by atoms with Gasteiger partial charge in [-0.05, 0) is 52.0 Å². The van der Waals surface area contributed by atoms with Gasteiger partial charge < -0.3 is 14.8 Å². The molecule has 3 nitrogen and oxygen atoms in total. The summed E-state index contributed by atoms with van der Waals surface area (Å²) in [6.07, 6.45) is 9.65. The summed E-state index contributed by atoms with van der Waals surface area (Å²) in [6, 6.07) is 0.727. The van der Waals surface area contributed by atoms with Gasteiger partial charge in [-0.25, -0.2) is 0 Å². The first-order chi connectivity index (χ1) is 8.83. The van der Waals surface area contributed by atoms with Gasteiger partial charge in [0, 0.05) is 31.8 Å². The normalized spacial score (nSPS) is 29.0. The van der Waals surface area contributed by atoms with Crippen LogP contribution in [0.3, 0.4) is 0 Å². The Labute approximate surface area is 112 Å². The van der Waals surface area contributed by atoms with Crippen molar-refractivity contribution in [1.29, 1.82) is 0 Å². The summed E-state index contributed by atoms with van der Waals surface area (Å²) in [5, 5.41) is 3.76. The molecule has 2 rings (SSSR count). The molecule has 106 valence electrons. The molecule has 0 radical (unpaired) electrons. The van der Waals surface area contributed by atoms with Gasteiger partial charge in [0.1, 0.15) is 0 Å². The first kappa shape index (κ1) is 14.3. The highest BCUT2D eigenvalue weighted by atomic mass is 16.5. The molecule has 2 unspecified atom stereocenters. The van der Waals surface area contributed by atoms with Crippen molar-refractivity contribution in [3.63, 3.8) is 0 Å². The molecule has 0 aromatic carbocycles. The van der Waals surface area contributed by atoms with Crippen LogP contribution in [0.25, 0.3) is 0 Å². The van der Waals surface area contributed by atoms with E-state index in [1.54, 1.807) is 7.11 Å². The number of unbranched alkanes of at least 4 members (excludes halogenated alkanes) is 2. The van der Waals surface area contributed by atoms with Crippen LogP contribution in [0.4, 0.5) is 0 Å². The van der Waals surface area contributed by atoms with E-state index in [4.69, 9.17) is 9.47 Å². The Balaban J connectivity index is 1.59. The molecule has 2 fully saturated rings. The first-order valence-corrected chi connectivity index (χ1v) is 7.67. The van der Waals surface area contributed by atoms with E-state index >= 15 is 0 Å². The fraction of sp³-hybridized carbons (Fsp3) is 1.00. The van der Waals surface area contributed by atoms with Gasteiger partial charge in [0.2, 0.25) is 0 Å². The molecule has 2 saturated carbocycles. The molecule has 0 saturated heterocycles. The van der Waals surface area contributed by atoms with Crippen LogP contribution in [-0.2, 0) is 9.47 Å². The molecule has 2 aliphatic rings. The Kier molecular flexibility index (Phi) is 5.46. The van der Waals surface area contributed by atoms with E-state index in [9.17, 15) is 0 Å². The molecule has 0 aromatic heterocycles. The van der Waals surface area contributed by atoms with Gasteiger partial charge >= 0.3 is 0 Å². The number of hydrogen-bond donors (Lipinski definition) is 1. The van der Waals surface area contributed by atoms with Crippen LogP contribution in [-0.4, -0.2) is 39.0 Å². The third kappa shape index (κ3) is 2.89. The van der Waals surface area contributed by atoms with Crippen LogP contribution < -0.4 is 5.32 Å². The predicted molar refractivity (Wildman–Crippen MR) is 73.8 cm³/mol. The van der Waals surface area contributed by atoms with Crippen molar-refractivity contribution in [3.05, 3.63) is 0 Å². The Morgan fingerprint density at radius 1 is 1.22 bits per heavy atom. The van der Waals surface area contributed by atoms with E-state index in [0.717, 1.165) is 25.8 Å². The summed E-state index contributed by atoms with van der Waals surface area (Å²) >= 11 is 0. The maximum absolute atomic E-state index is 5.87. The standard InChI is InChI=1S/C15H29NO2/c1-3-18-14-12-13(15(14)8-7-9-15)16-10-5-4-6-11-17-2/h13-14,16H,3-12H2,1-2H3. The Morgan fingerprint density at radius 3 is 2.67 bits per heavy atom. The van der Waals surface area contributed by atoms with Crippen LogP contribution in [0.2, 0.25) is 0 Å². The minimum Gasteiger partial charge on any atom is -0.385 e. The lowest BCUT2D eigenvalue weighted by Crippen LogP contribution is -2.66. The first-order valence-electron chi connectivity index (χ1n) is 7.67. The fourth-order valence-electron chi connectivity index (χ4n) is 3.55. The fourth-order valence-corrected chi connectivity index (χ4v) is 3.55. The number of nitrogens with one attached hydrogen (secondary N) is 1. The van der Waals surface area contributed by atoms with Gasteiger partial charge in [-0.15, -0.1) is 0 Å². The molecule has 0 aromatic rings. The lowest BCUT2D eigenvalue weighted by Gasteiger charge is -2.61. The summed E-state index contributed by atoms with van der Waals surface area (Å²) in [5.41, 5.74) is 0.516. The minimum atomic E-state index is 0.516. The Morgan fingerprint density at radius 2 is 2.06 bits per heavy atom. The molecule has 1 N–H and O–H groups in total. The van der Waals surface area contributed by atoms with E-state index < -0.39 is 0 Å². The molecule has 0 amide bonds. The highest BCUT2D eigenvalue weighted by molar-refractivity contribution is 5.11. The number of methoxy groups -OCH3 is 1. The SMILES string of the molecule is CCOC1CC(NCCCCCOC)C12CCC2. The Bertz CT molecular complexity index is 241. The van der Waals surface area contributed by atoms with E-state index in [2.05, 4.69) is 12.2 Å². The molecule has 2 atom stereocenters. The second-order valence-corrected chi connectivity index (χ2v) is 5.83. The summed E-state index contributed by atoms with van der Waals surface area (Å²) < 4.78 is 10.9. The second-order valence-electron chi connectivity index (χ2n) is 5.83. The topological polar surface area (TPSA) is 30.5 Å². The molecule has 1 spiro atoms. The summed E-state index contributed by atoms with van der Waals surface area (Å²) in [6.45, 7) is 5.05. The van der Waals surface area contributed by atoms with Gasteiger partial charge in [-0.3, -0.25) is 0 Å². The average molecular weight is 255 g/mol. The van der Waals surface area contributed by atoms with Crippen molar-refractivity contribution < 1.29 is 9.47 Å². The summed E-state index contributed by atoms with van der Waals surface area (Å²) in [7, 11) is 1.78. The maximum atomic E-state index is 5.87. The molecule has 3 heteroatoms. The van der Waals surface area contributed by atoms with Crippen LogP contribution in [0.15, 0.2) is 0 Å². The zero-order chi connectivity index (χ0) is 12.8. The van der Waals surface area contributed by atoms with Crippen LogP contribution >= 0.6 is 0 Å². The maximum Gasteiger partial charge on any atom is 0.0661 e. The molecule has 18 heavy (non-hydrogen) atoms. The van der Waals surface area contributed by atoms with Gasteiger partial charge in [-0.1, -0.05) is 6.42 Å². The molecule has 0 heterocycles. The number of ether oxygens (including phenoxy) is 2. The van der Waals surface area contributed by atoms with E-state index in [-0.39, 0.29) is 0 Å². The van der Waals surface area contributed by atoms with E-state index in [1.165, 1.54) is 44.9 Å². The molecule has 0 bridgehead atoms. The predicted octanol–water partition coefficient (Wildman–Crippen LogP) is 2.74. The van der Waals surface area contributed by atoms with Crippen LogP contribution in [0.1, 0.15) is 51.9 Å². The summed E-state index contributed by atoms with van der Waals surface area (Å²) in [5.74, 6) is 0. The number of hydrogen-bond acceptors (Lipinski definition) is 3. The van der Waals surface area contributed by atoms with Gasteiger partial charge in [0.05, 0.1) is 6.10 Å². The highest BCUT2D eigenvalue weighted by Gasteiger charge is 2.58. The highest BCUT2D eigenvalue weighted by Crippen LogP contribution is 2.57. The van der Waals surface area contributed by atoms with Crippen LogP contribution in [0.5, 0.6) is 0 Å². The minimum absolute atomic E-state index is 0.516. The van der Waals surface area contributed by atoms with Gasteiger partial charge in [-0.2, -0.15) is 0 Å². The second kappa shape index (κ2) is 6.88.